The maximum atomic E-state index is 12.7. The maximum Gasteiger partial charge on any atom is 0.355 e. The molecule has 0 saturated heterocycles. The van der Waals surface area contributed by atoms with Crippen LogP contribution in [0.25, 0.3) is 0 Å². The highest BCUT2D eigenvalue weighted by atomic mass is 19.1. The van der Waals surface area contributed by atoms with Crippen LogP contribution in [0.2, 0.25) is 0 Å². The van der Waals surface area contributed by atoms with Gasteiger partial charge in [-0.15, -0.1) is 0 Å². The zero-order valence-electron chi connectivity index (χ0n) is 7.59. The normalized spacial score (nSPS) is 9.64. The van der Waals surface area contributed by atoms with E-state index in [1.54, 1.807) is 0 Å². The van der Waals surface area contributed by atoms with Crippen LogP contribution in [0.4, 0.5) is 4.39 Å². The molecule has 0 atom stereocenters. The Morgan fingerprint density at radius 1 is 1.29 bits per heavy atom. The van der Waals surface area contributed by atoms with Crippen LogP contribution in [-0.4, -0.2) is 31.1 Å². The van der Waals surface area contributed by atoms with Gasteiger partial charge < -0.3 is 14.5 Å². The minimum absolute atomic E-state index is 0.183. The van der Waals surface area contributed by atoms with Crippen LogP contribution in [0.15, 0.2) is 6.07 Å². The Bertz CT molecular complexity index is 338. The average molecular weight is 201 g/mol. The molecular formula is C8H8FNO4. The summed E-state index contributed by atoms with van der Waals surface area (Å²) in [5.74, 6) is -2.43. The second-order valence-electron chi connectivity index (χ2n) is 2.39. The van der Waals surface area contributed by atoms with E-state index in [-0.39, 0.29) is 11.3 Å². The Labute approximate surface area is 78.8 Å². The summed E-state index contributed by atoms with van der Waals surface area (Å²) in [4.78, 5) is 24.2. The molecule has 0 amide bonds. The van der Waals surface area contributed by atoms with Crippen molar-refractivity contribution in [2.75, 3.05) is 14.2 Å². The number of halogens is 1. The van der Waals surface area contributed by atoms with Crippen molar-refractivity contribution in [2.24, 2.45) is 0 Å². The molecule has 6 heteroatoms. The number of ether oxygens (including phenoxy) is 2. The number of rotatable bonds is 2. The van der Waals surface area contributed by atoms with E-state index in [0.717, 1.165) is 20.3 Å². The van der Waals surface area contributed by atoms with E-state index in [1.807, 2.05) is 0 Å². The van der Waals surface area contributed by atoms with Crippen molar-refractivity contribution in [3.63, 3.8) is 0 Å². The van der Waals surface area contributed by atoms with Gasteiger partial charge in [0.05, 0.1) is 19.8 Å². The first-order chi connectivity index (χ1) is 6.60. The number of hydrogen-bond acceptors (Lipinski definition) is 4. The lowest BCUT2D eigenvalue weighted by atomic mass is 10.2. The predicted molar refractivity (Wildman–Crippen MR) is 43.4 cm³/mol. The number of carbonyl (C=O) groups is 2. The number of hydrogen-bond donors (Lipinski definition) is 1. The summed E-state index contributed by atoms with van der Waals surface area (Å²) >= 11 is 0. The Balaban J connectivity index is 3.15. The van der Waals surface area contributed by atoms with Crippen LogP contribution in [-0.2, 0) is 9.47 Å². The van der Waals surface area contributed by atoms with Gasteiger partial charge in [0.25, 0.3) is 0 Å². The van der Waals surface area contributed by atoms with Gasteiger partial charge in [-0.3, -0.25) is 0 Å². The molecule has 1 rings (SSSR count). The first-order valence-electron chi connectivity index (χ1n) is 3.65. The first kappa shape index (κ1) is 10.2. The minimum Gasteiger partial charge on any atom is -0.465 e. The van der Waals surface area contributed by atoms with Crippen LogP contribution in [0.3, 0.4) is 0 Å². The zero-order chi connectivity index (χ0) is 10.7. The van der Waals surface area contributed by atoms with Gasteiger partial charge in [0, 0.05) is 6.07 Å². The number of esters is 2. The number of aromatic nitrogens is 1. The van der Waals surface area contributed by atoms with E-state index in [9.17, 15) is 14.0 Å². The van der Waals surface area contributed by atoms with Crippen LogP contribution in [0.5, 0.6) is 0 Å². The fourth-order valence-corrected chi connectivity index (χ4v) is 0.956. The summed E-state index contributed by atoms with van der Waals surface area (Å²) < 4.78 is 21.4. The van der Waals surface area contributed by atoms with Gasteiger partial charge in [-0.1, -0.05) is 0 Å². The highest BCUT2D eigenvalue weighted by molar-refractivity contribution is 6.01. The number of aromatic amines is 1. The van der Waals surface area contributed by atoms with E-state index in [1.165, 1.54) is 0 Å². The maximum absolute atomic E-state index is 12.7. The van der Waals surface area contributed by atoms with Gasteiger partial charge in [-0.25, -0.2) is 9.59 Å². The van der Waals surface area contributed by atoms with Gasteiger partial charge in [0.1, 0.15) is 5.69 Å². The van der Waals surface area contributed by atoms with Crippen molar-refractivity contribution < 1.29 is 23.5 Å². The second-order valence-corrected chi connectivity index (χ2v) is 2.39. The Morgan fingerprint density at radius 2 is 1.86 bits per heavy atom. The second kappa shape index (κ2) is 3.91. The molecule has 14 heavy (non-hydrogen) atoms. The minimum atomic E-state index is -0.825. The molecule has 76 valence electrons. The standard InChI is InChI=1S/C8H8FNO4/c1-13-7(11)4-3-5(9)10-6(4)8(12)14-2/h3,10H,1-2H3. The molecule has 0 aliphatic carbocycles. The van der Waals surface area contributed by atoms with Gasteiger partial charge in [-0.2, -0.15) is 4.39 Å². The summed E-state index contributed by atoms with van der Waals surface area (Å²) in [6.45, 7) is 0. The van der Waals surface area contributed by atoms with Gasteiger partial charge in [0.15, 0.2) is 5.95 Å². The highest BCUT2D eigenvalue weighted by Gasteiger charge is 2.21. The fraction of sp³-hybridized carbons (Fsp3) is 0.250. The molecule has 1 heterocycles. The number of H-pyrrole nitrogens is 1. The topological polar surface area (TPSA) is 68.4 Å². The van der Waals surface area contributed by atoms with Crippen molar-refractivity contribution in [3.8, 4) is 0 Å². The Hall–Kier alpha value is -1.85. The number of carbonyl (C=O) groups excluding carboxylic acids is 2. The lowest BCUT2D eigenvalue weighted by Crippen LogP contribution is -2.10. The fourth-order valence-electron chi connectivity index (χ4n) is 0.956. The Kier molecular flexibility index (Phi) is 2.85. The third kappa shape index (κ3) is 1.73. The van der Waals surface area contributed by atoms with Crippen molar-refractivity contribution in [2.45, 2.75) is 0 Å². The van der Waals surface area contributed by atoms with Crippen LogP contribution < -0.4 is 0 Å². The molecule has 0 radical (unpaired) electrons. The van der Waals surface area contributed by atoms with Crippen molar-refractivity contribution in [1.82, 2.24) is 4.98 Å². The molecule has 1 N–H and O–H groups in total. The highest BCUT2D eigenvalue weighted by Crippen LogP contribution is 2.12. The molecule has 0 aliphatic heterocycles. The van der Waals surface area contributed by atoms with Crippen molar-refractivity contribution >= 4 is 11.9 Å². The average Bonchev–Trinajstić information content (AvgIpc) is 2.58. The summed E-state index contributed by atoms with van der Waals surface area (Å²) in [7, 11) is 2.26. The molecule has 0 spiro atoms. The molecule has 0 fully saturated rings. The molecule has 5 nitrogen and oxygen atoms in total. The molecule has 0 bridgehead atoms. The quantitative estimate of drug-likeness (QED) is 0.716. The molecule has 0 saturated carbocycles. The van der Waals surface area contributed by atoms with E-state index in [4.69, 9.17) is 0 Å². The summed E-state index contributed by atoms with van der Waals surface area (Å²) in [5, 5.41) is 0. The SMILES string of the molecule is COC(=O)c1cc(F)[nH]c1C(=O)OC. The van der Waals surface area contributed by atoms with Crippen LogP contribution >= 0.6 is 0 Å². The number of methoxy groups -OCH3 is 2. The Morgan fingerprint density at radius 3 is 2.36 bits per heavy atom. The molecule has 1 aromatic heterocycles. The van der Waals surface area contributed by atoms with Gasteiger partial charge in [0.2, 0.25) is 0 Å². The summed E-state index contributed by atoms with van der Waals surface area (Å²) in [6, 6.07) is 0.873. The largest absolute Gasteiger partial charge is 0.465 e. The van der Waals surface area contributed by atoms with E-state index >= 15 is 0 Å². The van der Waals surface area contributed by atoms with Crippen molar-refractivity contribution in [3.05, 3.63) is 23.3 Å². The van der Waals surface area contributed by atoms with E-state index < -0.39 is 17.9 Å². The van der Waals surface area contributed by atoms with E-state index in [0.29, 0.717) is 0 Å². The van der Waals surface area contributed by atoms with Gasteiger partial charge >= 0.3 is 11.9 Å². The predicted octanol–water partition coefficient (Wildman–Crippen LogP) is 0.727. The summed E-state index contributed by atoms with van der Waals surface area (Å²) in [5.41, 5.74) is -0.436. The third-order valence-electron chi connectivity index (χ3n) is 1.58. The van der Waals surface area contributed by atoms with Crippen molar-refractivity contribution in [1.29, 1.82) is 0 Å². The lowest BCUT2D eigenvalue weighted by molar-refractivity contribution is 0.0552. The van der Waals surface area contributed by atoms with Gasteiger partial charge in [-0.05, 0) is 0 Å². The third-order valence-corrected chi connectivity index (χ3v) is 1.58. The molecule has 0 aliphatic rings. The number of nitrogens with one attached hydrogen (secondary N) is 1. The first-order valence-corrected chi connectivity index (χ1v) is 3.65. The van der Waals surface area contributed by atoms with Crippen LogP contribution in [0.1, 0.15) is 20.8 Å². The monoisotopic (exact) mass is 201 g/mol. The van der Waals surface area contributed by atoms with Crippen LogP contribution in [0, 0.1) is 5.95 Å². The molecular weight excluding hydrogens is 193 g/mol. The lowest BCUT2D eigenvalue weighted by Gasteiger charge is -1.99. The molecule has 0 aromatic carbocycles. The molecule has 0 unspecified atom stereocenters. The zero-order valence-corrected chi connectivity index (χ0v) is 7.59. The smallest absolute Gasteiger partial charge is 0.355 e. The molecule has 1 aromatic rings. The van der Waals surface area contributed by atoms with E-state index in [2.05, 4.69) is 14.5 Å². The summed E-state index contributed by atoms with van der Waals surface area (Å²) in [6.07, 6.45) is 0.